The van der Waals surface area contributed by atoms with Gasteiger partial charge in [0, 0.05) is 31.9 Å². The monoisotopic (exact) mass is 414 g/mol. The number of piperazine rings is 1. The maximum atomic E-state index is 12.9. The Kier molecular flexibility index (Phi) is 7.69. The Balaban J connectivity index is 1.88. The van der Waals surface area contributed by atoms with E-state index in [4.69, 9.17) is 0 Å². The number of carbonyl (C=O) groups excluding carboxylic acids is 2. The Morgan fingerprint density at radius 1 is 1.15 bits per heavy atom. The summed E-state index contributed by atoms with van der Waals surface area (Å²) in [6, 6.07) is 5.40. The van der Waals surface area contributed by atoms with Crippen LogP contribution < -0.4 is 0 Å². The van der Waals surface area contributed by atoms with Crippen molar-refractivity contribution in [3.8, 4) is 0 Å². The predicted molar refractivity (Wildman–Crippen MR) is 105 cm³/mol. The molecule has 1 aliphatic rings. The van der Waals surface area contributed by atoms with Gasteiger partial charge in [-0.25, -0.2) is 8.42 Å². The molecule has 27 heavy (non-hydrogen) atoms. The molecule has 0 saturated carbocycles. The number of hydrogen-bond donors (Lipinski definition) is 0. The zero-order valence-electron chi connectivity index (χ0n) is 15.9. The number of amides is 1. The number of carbonyl (C=O) groups is 2. The second kappa shape index (κ2) is 9.57. The van der Waals surface area contributed by atoms with E-state index in [1.54, 1.807) is 17.9 Å². The molecule has 9 heteroatoms. The van der Waals surface area contributed by atoms with Crippen molar-refractivity contribution in [3.63, 3.8) is 0 Å². The highest BCUT2D eigenvalue weighted by molar-refractivity contribution is 7.99. The first-order valence-electron chi connectivity index (χ1n) is 8.75. The topological polar surface area (TPSA) is 84.0 Å². The molecule has 1 heterocycles. The quantitative estimate of drug-likeness (QED) is 0.496. The van der Waals surface area contributed by atoms with Gasteiger partial charge in [-0.1, -0.05) is 12.1 Å². The first-order chi connectivity index (χ1) is 12.8. The van der Waals surface area contributed by atoms with E-state index in [0.29, 0.717) is 23.7 Å². The summed E-state index contributed by atoms with van der Waals surface area (Å²) >= 11 is 1.38. The molecule has 0 unspecified atom stereocenters. The molecular formula is C18H26N2O5S2. The molecule has 0 N–H and O–H groups in total. The summed E-state index contributed by atoms with van der Waals surface area (Å²) in [5, 5.41) is 0. The largest absolute Gasteiger partial charge is 0.469 e. The fourth-order valence-corrected chi connectivity index (χ4v) is 5.35. The number of methoxy groups -OCH3 is 1. The minimum atomic E-state index is -3.56. The number of aryl methyl sites for hydroxylation is 2. The van der Waals surface area contributed by atoms with Crippen LogP contribution in [0.2, 0.25) is 0 Å². The summed E-state index contributed by atoms with van der Waals surface area (Å²) in [4.78, 5) is 25.3. The molecule has 1 aliphatic heterocycles. The van der Waals surface area contributed by atoms with Crippen molar-refractivity contribution in [3.05, 3.63) is 29.3 Å². The van der Waals surface area contributed by atoms with E-state index in [0.717, 1.165) is 11.1 Å². The van der Waals surface area contributed by atoms with E-state index < -0.39 is 10.0 Å². The lowest BCUT2D eigenvalue weighted by Gasteiger charge is -2.34. The van der Waals surface area contributed by atoms with Crippen molar-refractivity contribution in [2.24, 2.45) is 0 Å². The fourth-order valence-electron chi connectivity index (χ4n) is 2.81. The molecule has 1 amide bonds. The van der Waals surface area contributed by atoms with E-state index in [2.05, 4.69) is 4.74 Å². The van der Waals surface area contributed by atoms with Gasteiger partial charge in [-0.05, 0) is 31.0 Å². The second-order valence-electron chi connectivity index (χ2n) is 6.43. The van der Waals surface area contributed by atoms with Gasteiger partial charge in [0.15, 0.2) is 0 Å². The maximum absolute atomic E-state index is 12.9. The van der Waals surface area contributed by atoms with Crippen LogP contribution in [-0.4, -0.2) is 74.3 Å². The van der Waals surface area contributed by atoms with Gasteiger partial charge in [0.1, 0.15) is 0 Å². The first kappa shape index (κ1) is 21.7. The highest BCUT2D eigenvalue weighted by Crippen LogP contribution is 2.22. The first-order valence-corrected chi connectivity index (χ1v) is 11.3. The molecule has 150 valence electrons. The lowest BCUT2D eigenvalue weighted by molar-refractivity contribution is -0.140. The zero-order chi connectivity index (χ0) is 20.0. The highest BCUT2D eigenvalue weighted by atomic mass is 32.2. The smallest absolute Gasteiger partial charge is 0.306 e. The number of ether oxygens (including phenoxy) is 1. The highest BCUT2D eigenvalue weighted by Gasteiger charge is 2.31. The number of rotatable bonds is 7. The molecule has 0 aromatic heterocycles. The molecule has 1 fully saturated rings. The van der Waals surface area contributed by atoms with Crippen LogP contribution in [0.15, 0.2) is 23.1 Å². The number of nitrogens with zero attached hydrogens (tertiary/aromatic N) is 2. The van der Waals surface area contributed by atoms with Crippen LogP contribution in [0.1, 0.15) is 17.5 Å². The summed E-state index contributed by atoms with van der Waals surface area (Å²) in [6.45, 7) is 4.98. The van der Waals surface area contributed by atoms with Crippen LogP contribution in [0.5, 0.6) is 0 Å². The third kappa shape index (κ3) is 5.70. The van der Waals surface area contributed by atoms with E-state index in [-0.39, 0.29) is 37.1 Å². The molecule has 0 radical (unpaired) electrons. The van der Waals surface area contributed by atoms with Crippen LogP contribution in [0.4, 0.5) is 0 Å². The van der Waals surface area contributed by atoms with Crippen LogP contribution >= 0.6 is 11.8 Å². The van der Waals surface area contributed by atoms with E-state index in [1.807, 2.05) is 19.1 Å². The molecular weight excluding hydrogens is 388 g/mol. The number of esters is 1. The van der Waals surface area contributed by atoms with Gasteiger partial charge in [0.2, 0.25) is 15.9 Å². The van der Waals surface area contributed by atoms with Gasteiger partial charge in [0.05, 0.1) is 24.2 Å². The minimum Gasteiger partial charge on any atom is -0.469 e. The van der Waals surface area contributed by atoms with Crippen molar-refractivity contribution >= 4 is 33.7 Å². The van der Waals surface area contributed by atoms with Crippen molar-refractivity contribution in [2.75, 3.05) is 44.8 Å². The number of benzene rings is 1. The van der Waals surface area contributed by atoms with Crippen molar-refractivity contribution in [1.29, 1.82) is 0 Å². The van der Waals surface area contributed by atoms with E-state index >= 15 is 0 Å². The molecule has 0 bridgehead atoms. The predicted octanol–water partition coefficient (Wildman–Crippen LogP) is 1.43. The third-order valence-electron chi connectivity index (χ3n) is 4.46. The summed E-state index contributed by atoms with van der Waals surface area (Å²) < 4.78 is 31.8. The average molecular weight is 415 g/mol. The lowest BCUT2D eigenvalue weighted by atomic mass is 10.2. The van der Waals surface area contributed by atoms with E-state index in [9.17, 15) is 18.0 Å². The van der Waals surface area contributed by atoms with Gasteiger partial charge in [-0.15, -0.1) is 0 Å². The normalized spacial score (nSPS) is 15.6. The number of hydrogen-bond acceptors (Lipinski definition) is 6. The van der Waals surface area contributed by atoms with Crippen molar-refractivity contribution in [2.45, 2.75) is 25.2 Å². The number of thioether (sulfide) groups is 1. The molecule has 1 aromatic carbocycles. The molecule has 1 saturated heterocycles. The van der Waals surface area contributed by atoms with Gasteiger partial charge >= 0.3 is 5.97 Å². The summed E-state index contributed by atoms with van der Waals surface area (Å²) in [5.41, 5.74) is 1.62. The zero-order valence-corrected chi connectivity index (χ0v) is 17.6. The minimum absolute atomic E-state index is 0.0337. The molecule has 0 aliphatic carbocycles. The van der Waals surface area contributed by atoms with Crippen LogP contribution in [0, 0.1) is 13.8 Å². The van der Waals surface area contributed by atoms with Crippen LogP contribution in [0.3, 0.4) is 0 Å². The van der Waals surface area contributed by atoms with Crippen LogP contribution in [0.25, 0.3) is 0 Å². The average Bonchev–Trinajstić information content (AvgIpc) is 2.66. The Hall–Kier alpha value is -1.58. The maximum Gasteiger partial charge on any atom is 0.306 e. The molecule has 7 nitrogen and oxygen atoms in total. The molecule has 0 spiro atoms. The summed E-state index contributed by atoms with van der Waals surface area (Å²) in [6.07, 6.45) is 0.274. The molecule has 1 aromatic rings. The van der Waals surface area contributed by atoms with E-state index in [1.165, 1.54) is 23.2 Å². The third-order valence-corrected chi connectivity index (χ3v) is 7.44. The Morgan fingerprint density at radius 2 is 1.81 bits per heavy atom. The molecule has 2 rings (SSSR count). The van der Waals surface area contributed by atoms with Gasteiger partial charge < -0.3 is 9.64 Å². The van der Waals surface area contributed by atoms with Gasteiger partial charge in [0.25, 0.3) is 0 Å². The second-order valence-corrected chi connectivity index (χ2v) is 9.44. The fraction of sp³-hybridized carbons (Fsp3) is 0.556. The summed E-state index contributed by atoms with van der Waals surface area (Å²) in [7, 11) is -2.22. The Morgan fingerprint density at radius 3 is 2.44 bits per heavy atom. The van der Waals surface area contributed by atoms with Crippen molar-refractivity contribution < 1.29 is 22.7 Å². The SMILES string of the molecule is COC(=O)CCSCC(=O)N1CCN(S(=O)(=O)c2cc(C)ccc2C)CC1. The standard InChI is InChI=1S/C18H26N2O5S2/c1-14-4-5-15(2)16(12-14)27(23,24)20-9-7-19(8-10-20)17(21)13-26-11-6-18(22)25-3/h4-5,12H,6-11,13H2,1-3H3. The van der Waals surface area contributed by atoms with Crippen molar-refractivity contribution in [1.82, 2.24) is 9.21 Å². The Labute approximate surface area is 165 Å². The molecule has 0 atom stereocenters. The van der Waals surface area contributed by atoms with Gasteiger partial charge in [-0.2, -0.15) is 16.1 Å². The van der Waals surface area contributed by atoms with Crippen LogP contribution in [-0.2, 0) is 24.3 Å². The summed E-state index contributed by atoms with van der Waals surface area (Å²) in [5.74, 6) is 0.481. The Bertz CT molecular complexity index is 787. The number of sulfonamides is 1. The van der Waals surface area contributed by atoms with Gasteiger partial charge in [-0.3, -0.25) is 9.59 Å². The lowest BCUT2D eigenvalue weighted by Crippen LogP contribution is -2.51.